The Morgan fingerprint density at radius 2 is 1.90 bits per heavy atom. The average Bonchev–Trinajstić information content (AvgIpc) is 3.35. The van der Waals surface area contributed by atoms with Gasteiger partial charge in [-0.2, -0.15) is 0 Å². The normalized spacial score (nSPS) is 17.9. The van der Waals surface area contributed by atoms with E-state index in [1.807, 2.05) is 19.9 Å². The summed E-state index contributed by atoms with van der Waals surface area (Å²) in [7, 11) is 0. The number of hydrogen-bond donors (Lipinski definition) is 0. The highest BCUT2D eigenvalue weighted by atomic mass is 16.6. The fraction of sp³-hybridized carbons (Fsp3) is 0.455. The third-order valence-electron chi connectivity index (χ3n) is 5.40. The van der Waals surface area contributed by atoms with Gasteiger partial charge in [0.1, 0.15) is 13.2 Å². The second-order valence-electron chi connectivity index (χ2n) is 7.39. The van der Waals surface area contributed by atoms with E-state index in [0.717, 1.165) is 37.4 Å². The van der Waals surface area contributed by atoms with E-state index < -0.39 is 5.97 Å². The monoisotopic (exact) mass is 399 g/mol. The van der Waals surface area contributed by atoms with Crippen LogP contribution in [0.5, 0.6) is 11.5 Å². The number of hydrogen-bond acceptors (Lipinski definition) is 6. The Bertz CT molecular complexity index is 926. The van der Waals surface area contributed by atoms with Gasteiger partial charge in [0.15, 0.2) is 18.1 Å². The van der Waals surface area contributed by atoms with Crippen molar-refractivity contribution in [2.45, 2.75) is 39.3 Å². The Hall–Kier alpha value is -2.80. The topological polar surface area (TPSA) is 76.0 Å². The standard InChI is InChI=1S/C22H25NO6/c1-14-10-18(15(2)23(14)12-17-4-3-7-26-17)19(24)13-29-22(25)16-5-6-20-21(11-16)28-9-8-27-20/h5-6,10-11,17H,3-4,7-9,12-13H2,1-2H3/t17-/m0/s1. The molecule has 1 fully saturated rings. The van der Waals surface area contributed by atoms with Gasteiger partial charge in [-0.05, 0) is 51.0 Å². The molecule has 0 aliphatic carbocycles. The maximum atomic E-state index is 12.7. The van der Waals surface area contributed by atoms with Crippen LogP contribution in [0.1, 0.15) is 44.9 Å². The predicted molar refractivity (Wildman–Crippen MR) is 105 cm³/mol. The first kappa shape index (κ1) is 19.5. The van der Waals surface area contributed by atoms with E-state index in [4.69, 9.17) is 18.9 Å². The minimum absolute atomic E-state index is 0.191. The maximum Gasteiger partial charge on any atom is 0.338 e. The van der Waals surface area contributed by atoms with Crippen molar-refractivity contribution < 1.29 is 28.5 Å². The number of ether oxygens (including phenoxy) is 4. The molecule has 7 heteroatoms. The highest BCUT2D eigenvalue weighted by Gasteiger charge is 2.22. The summed E-state index contributed by atoms with van der Waals surface area (Å²) in [5.74, 6) is 0.323. The van der Waals surface area contributed by atoms with Gasteiger partial charge in [0.2, 0.25) is 5.78 Å². The number of ketones is 1. The molecule has 1 aromatic carbocycles. The Morgan fingerprint density at radius 3 is 2.66 bits per heavy atom. The van der Waals surface area contributed by atoms with Gasteiger partial charge in [-0.1, -0.05) is 0 Å². The van der Waals surface area contributed by atoms with Crippen molar-refractivity contribution in [3.8, 4) is 11.5 Å². The molecule has 0 unspecified atom stereocenters. The van der Waals surface area contributed by atoms with E-state index in [0.29, 0.717) is 35.8 Å². The first-order chi connectivity index (χ1) is 14.0. The molecule has 1 atom stereocenters. The van der Waals surface area contributed by atoms with Gasteiger partial charge in [-0.3, -0.25) is 4.79 Å². The number of rotatable bonds is 6. The van der Waals surface area contributed by atoms with Crippen molar-refractivity contribution in [1.29, 1.82) is 0 Å². The molecule has 0 bridgehead atoms. The van der Waals surface area contributed by atoms with E-state index >= 15 is 0 Å². The molecular formula is C22H25NO6. The number of esters is 1. The summed E-state index contributed by atoms with van der Waals surface area (Å²) in [4.78, 5) is 25.0. The summed E-state index contributed by atoms with van der Waals surface area (Å²) < 4.78 is 24.0. The number of carbonyl (C=O) groups is 2. The lowest BCUT2D eigenvalue weighted by Crippen LogP contribution is -2.18. The quantitative estimate of drug-likeness (QED) is 0.549. The van der Waals surface area contributed by atoms with Crippen LogP contribution in [0.15, 0.2) is 24.3 Å². The Balaban J connectivity index is 1.40. The smallest absolute Gasteiger partial charge is 0.338 e. The zero-order valence-corrected chi connectivity index (χ0v) is 16.7. The zero-order chi connectivity index (χ0) is 20.4. The molecule has 29 heavy (non-hydrogen) atoms. The van der Waals surface area contributed by atoms with Crippen LogP contribution in [0.4, 0.5) is 0 Å². The van der Waals surface area contributed by atoms with Gasteiger partial charge >= 0.3 is 5.97 Å². The molecule has 1 saturated heterocycles. The molecule has 7 nitrogen and oxygen atoms in total. The van der Waals surface area contributed by atoms with Crippen molar-refractivity contribution in [2.75, 3.05) is 26.4 Å². The van der Waals surface area contributed by atoms with Crippen LogP contribution in [0.25, 0.3) is 0 Å². The summed E-state index contributed by atoms with van der Waals surface area (Å²) in [6, 6.07) is 6.71. The second kappa shape index (κ2) is 8.29. The largest absolute Gasteiger partial charge is 0.486 e. The maximum absolute atomic E-state index is 12.7. The van der Waals surface area contributed by atoms with Crippen LogP contribution >= 0.6 is 0 Å². The van der Waals surface area contributed by atoms with Crippen molar-refractivity contribution in [1.82, 2.24) is 4.57 Å². The van der Waals surface area contributed by atoms with Gasteiger partial charge in [-0.15, -0.1) is 0 Å². The molecule has 4 rings (SSSR count). The molecule has 2 aliphatic rings. The van der Waals surface area contributed by atoms with E-state index in [-0.39, 0.29) is 18.5 Å². The number of fused-ring (bicyclic) bond motifs is 1. The summed E-state index contributed by atoms with van der Waals surface area (Å²) in [6.45, 7) is 6.03. The highest BCUT2D eigenvalue weighted by Crippen LogP contribution is 2.31. The highest BCUT2D eigenvalue weighted by molar-refractivity contribution is 6.00. The molecule has 2 aliphatic heterocycles. The summed E-state index contributed by atoms with van der Waals surface area (Å²) >= 11 is 0. The number of aromatic nitrogens is 1. The van der Waals surface area contributed by atoms with Crippen molar-refractivity contribution >= 4 is 11.8 Å². The fourth-order valence-corrected chi connectivity index (χ4v) is 3.82. The molecular weight excluding hydrogens is 374 g/mol. The fourth-order valence-electron chi connectivity index (χ4n) is 3.82. The lowest BCUT2D eigenvalue weighted by Gasteiger charge is -2.18. The second-order valence-corrected chi connectivity index (χ2v) is 7.39. The van der Waals surface area contributed by atoms with Gasteiger partial charge in [0.05, 0.1) is 11.7 Å². The molecule has 0 radical (unpaired) electrons. The summed E-state index contributed by atoms with van der Waals surface area (Å²) in [5, 5.41) is 0. The molecule has 0 spiro atoms. The van der Waals surface area contributed by atoms with E-state index in [2.05, 4.69) is 4.57 Å². The molecule has 2 aromatic rings. The van der Waals surface area contributed by atoms with Gasteiger partial charge in [0.25, 0.3) is 0 Å². The van der Waals surface area contributed by atoms with Gasteiger partial charge in [-0.25, -0.2) is 4.79 Å². The third kappa shape index (κ3) is 4.15. The number of nitrogens with zero attached hydrogens (tertiary/aromatic N) is 1. The Morgan fingerprint density at radius 1 is 1.10 bits per heavy atom. The van der Waals surface area contributed by atoms with E-state index in [1.54, 1.807) is 18.2 Å². The van der Waals surface area contributed by atoms with E-state index in [9.17, 15) is 9.59 Å². The van der Waals surface area contributed by atoms with Crippen LogP contribution < -0.4 is 9.47 Å². The Kier molecular flexibility index (Phi) is 5.58. The third-order valence-corrected chi connectivity index (χ3v) is 5.40. The van der Waals surface area contributed by atoms with Crippen LogP contribution in [0, 0.1) is 13.8 Å². The number of benzene rings is 1. The van der Waals surface area contributed by atoms with Crippen LogP contribution in [-0.2, 0) is 16.0 Å². The lowest BCUT2D eigenvalue weighted by atomic mass is 10.1. The van der Waals surface area contributed by atoms with Crippen LogP contribution in [-0.4, -0.2) is 48.9 Å². The van der Waals surface area contributed by atoms with Gasteiger partial charge < -0.3 is 23.5 Å². The first-order valence-electron chi connectivity index (χ1n) is 9.91. The minimum Gasteiger partial charge on any atom is -0.486 e. The lowest BCUT2D eigenvalue weighted by molar-refractivity contribution is 0.0473. The summed E-state index contributed by atoms with van der Waals surface area (Å²) in [6.07, 6.45) is 2.30. The van der Waals surface area contributed by atoms with Gasteiger partial charge in [0, 0.05) is 30.1 Å². The average molecular weight is 399 g/mol. The van der Waals surface area contributed by atoms with E-state index in [1.165, 1.54) is 0 Å². The first-order valence-corrected chi connectivity index (χ1v) is 9.91. The number of Topliss-reactive ketones (excluding diaryl/α,β-unsaturated/α-hetero) is 1. The summed E-state index contributed by atoms with van der Waals surface area (Å²) in [5.41, 5.74) is 2.78. The minimum atomic E-state index is -0.566. The van der Waals surface area contributed by atoms with Crippen molar-refractivity contribution in [3.63, 3.8) is 0 Å². The van der Waals surface area contributed by atoms with Crippen molar-refractivity contribution in [3.05, 3.63) is 46.8 Å². The zero-order valence-electron chi connectivity index (χ0n) is 16.7. The SMILES string of the molecule is Cc1cc(C(=O)COC(=O)c2ccc3c(c2)OCCO3)c(C)n1C[C@@H]1CCCO1. The Labute approximate surface area is 169 Å². The molecule has 0 saturated carbocycles. The van der Waals surface area contributed by atoms with Crippen molar-refractivity contribution in [2.24, 2.45) is 0 Å². The number of carbonyl (C=O) groups excluding carboxylic acids is 2. The number of aryl methyl sites for hydroxylation is 1. The molecule has 154 valence electrons. The molecule has 3 heterocycles. The molecule has 0 N–H and O–H groups in total. The predicted octanol–water partition coefficient (Wildman–Crippen LogP) is 3.09. The van der Waals surface area contributed by atoms with Crippen LogP contribution in [0.2, 0.25) is 0 Å². The molecule has 1 aromatic heterocycles. The van der Waals surface area contributed by atoms with Crippen LogP contribution in [0.3, 0.4) is 0 Å². The molecule has 0 amide bonds.